The molecule has 76 valence electrons. The zero-order valence-electron chi connectivity index (χ0n) is 7.82. The van der Waals surface area contributed by atoms with Crippen LogP contribution in [0.3, 0.4) is 0 Å². The lowest BCUT2D eigenvalue weighted by Gasteiger charge is -2.13. The number of phenols is 1. The number of hydrogen-bond donors (Lipinski definition) is 1. The molecule has 0 unspecified atom stereocenters. The Morgan fingerprint density at radius 2 is 2.21 bits per heavy atom. The first-order valence-corrected chi connectivity index (χ1v) is 3.87. The van der Waals surface area contributed by atoms with E-state index < -0.39 is 11.7 Å². The molecule has 1 rings (SSSR count). The van der Waals surface area contributed by atoms with Crippen molar-refractivity contribution in [3.8, 4) is 5.75 Å². The molecule has 0 aliphatic rings. The highest BCUT2D eigenvalue weighted by Crippen LogP contribution is 2.16. The summed E-state index contributed by atoms with van der Waals surface area (Å²) < 4.78 is 13.1. The summed E-state index contributed by atoms with van der Waals surface area (Å²) in [6.07, 6.45) is 0. The Hall–Kier alpha value is -1.62. The number of hydroxylamine groups is 2. The monoisotopic (exact) mass is 199 g/mol. The predicted octanol–water partition coefficient (Wildman–Crippen LogP) is 1.16. The second-order valence-corrected chi connectivity index (χ2v) is 2.65. The molecule has 14 heavy (non-hydrogen) atoms. The Bertz CT molecular complexity index is 354. The number of phenolic OH excluding ortho intramolecular Hbond substituents is 1. The van der Waals surface area contributed by atoms with Gasteiger partial charge in [0.2, 0.25) is 0 Å². The van der Waals surface area contributed by atoms with Gasteiger partial charge >= 0.3 is 0 Å². The quantitative estimate of drug-likeness (QED) is 0.727. The number of hydrogen-bond acceptors (Lipinski definition) is 3. The summed E-state index contributed by atoms with van der Waals surface area (Å²) in [6.45, 7) is 0. The molecule has 1 aromatic carbocycles. The summed E-state index contributed by atoms with van der Waals surface area (Å²) in [5.74, 6) is -1.52. The lowest BCUT2D eigenvalue weighted by atomic mass is 10.2. The lowest BCUT2D eigenvalue weighted by Crippen LogP contribution is -2.26. The van der Waals surface area contributed by atoms with Gasteiger partial charge in [0, 0.05) is 7.05 Å². The van der Waals surface area contributed by atoms with Crippen LogP contribution in [-0.2, 0) is 4.84 Å². The molecule has 0 aliphatic heterocycles. The van der Waals surface area contributed by atoms with Gasteiger partial charge in [0.15, 0.2) is 0 Å². The highest BCUT2D eigenvalue weighted by molar-refractivity contribution is 5.94. The minimum atomic E-state index is -0.698. The fourth-order valence-corrected chi connectivity index (χ4v) is 0.930. The number of rotatable bonds is 2. The minimum absolute atomic E-state index is 0.167. The maximum Gasteiger partial charge on any atom is 0.280 e. The summed E-state index contributed by atoms with van der Waals surface area (Å²) >= 11 is 0. The van der Waals surface area contributed by atoms with E-state index in [4.69, 9.17) is 5.11 Å². The van der Waals surface area contributed by atoms with Gasteiger partial charge in [-0.05, 0) is 18.2 Å². The van der Waals surface area contributed by atoms with E-state index in [2.05, 4.69) is 4.84 Å². The zero-order chi connectivity index (χ0) is 10.7. The molecular weight excluding hydrogens is 189 g/mol. The average molecular weight is 199 g/mol. The molecule has 1 aromatic rings. The van der Waals surface area contributed by atoms with Crippen molar-refractivity contribution in [1.29, 1.82) is 0 Å². The van der Waals surface area contributed by atoms with Gasteiger partial charge in [-0.15, -0.1) is 0 Å². The topological polar surface area (TPSA) is 49.8 Å². The van der Waals surface area contributed by atoms with Crippen LogP contribution in [0.1, 0.15) is 10.4 Å². The van der Waals surface area contributed by atoms with E-state index in [1.807, 2.05) is 0 Å². The van der Waals surface area contributed by atoms with Crippen LogP contribution in [0, 0.1) is 5.82 Å². The first-order valence-electron chi connectivity index (χ1n) is 3.87. The van der Waals surface area contributed by atoms with Gasteiger partial charge < -0.3 is 5.11 Å². The van der Waals surface area contributed by atoms with Crippen LogP contribution < -0.4 is 0 Å². The number of halogens is 1. The molecule has 1 amide bonds. The van der Waals surface area contributed by atoms with Gasteiger partial charge in [-0.1, -0.05) is 0 Å². The summed E-state index contributed by atoms with van der Waals surface area (Å²) in [5, 5.41) is 9.94. The summed E-state index contributed by atoms with van der Waals surface area (Å²) in [5.41, 5.74) is -0.227. The maximum absolute atomic E-state index is 13.1. The van der Waals surface area contributed by atoms with E-state index in [-0.39, 0.29) is 11.3 Å². The SMILES string of the molecule is CON(C)C(=O)c1cc(O)ccc1F. The first kappa shape index (κ1) is 10.5. The second kappa shape index (κ2) is 4.06. The average Bonchev–Trinajstić information content (AvgIpc) is 2.19. The van der Waals surface area contributed by atoms with Crippen molar-refractivity contribution in [2.75, 3.05) is 14.2 Å². The molecule has 0 spiro atoms. The number of benzene rings is 1. The van der Waals surface area contributed by atoms with Gasteiger partial charge in [-0.25, -0.2) is 9.45 Å². The molecule has 1 N–H and O–H groups in total. The van der Waals surface area contributed by atoms with Crippen molar-refractivity contribution < 1.29 is 19.1 Å². The Labute approximate surface area is 80.5 Å². The first-order chi connectivity index (χ1) is 6.56. The molecule has 5 heteroatoms. The highest BCUT2D eigenvalue weighted by atomic mass is 19.1. The third kappa shape index (κ3) is 2.00. The van der Waals surface area contributed by atoms with Gasteiger partial charge in [0.05, 0.1) is 12.7 Å². The zero-order valence-corrected chi connectivity index (χ0v) is 7.82. The Balaban J connectivity index is 3.06. The fourth-order valence-electron chi connectivity index (χ4n) is 0.930. The number of aromatic hydroxyl groups is 1. The Morgan fingerprint density at radius 1 is 1.57 bits per heavy atom. The van der Waals surface area contributed by atoms with E-state index in [1.165, 1.54) is 20.2 Å². The number of carbonyl (C=O) groups is 1. The summed E-state index contributed by atoms with van der Waals surface area (Å²) in [7, 11) is 2.64. The van der Waals surface area contributed by atoms with E-state index in [0.29, 0.717) is 0 Å². The fraction of sp³-hybridized carbons (Fsp3) is 0.222. The van der Waals surface area contributed by atoms with Crippen LogP contribution in [0.15, 0.2) is 18.2 Å². The van der Waals surface area contributed by atoms with Crippen LogP contribution in [-0.4, -0.2) is 30.2 Å². The van der Waals surface area contributed by atoms with Crippen LogP contribution in [0.2, 0.25) is 0 Å². The summed E-state index contributed by atoms with van der Waals surface area (Å²) in [6, 6.07) is 3.23. The van der Waals surface area contributed by atoms with E-state index in [0.717, 1.165) is 17.2 Å². The van der Waals surface area contributed by atoms with E-state index in [1.54, 1.807) is 0 Å². The number of amides is 1. The normalized spacial score (nSPS) is 9.93. The Morgan fingerprint density at radius 3 is 2.79 bits per heavy atom. The minimum Gasteiger partial charge on any atom is -0.508 e. The molecule has 0 bridgehead atoms. The van der Waals surface area contributed by atoms with Crippen LogP contribution in [0.25, 0.3) is 0 Å². The van der Waals surface area contributed by atoms with Gasteiger partial charge in [0.1, 0.15) is 11.6 Å². The van der Waals surface area contributed by atoms with Crippen LogP contribution in [0.4, 0.5) is 4.39 Å². The summed E-state index contributed by atoms with van der Waals surface area (Å²) in [4.78, 5) is 16.0. The van der Waals surface area contributed by atoms with E-state index in [9.17, 15) is 9.18 Å². The molecule has 4 nitrogen and oxygen atoms in total. The molecule has 0 aromatic heterocycles. The third-order valence-electron chi connectivity index (χ3n) is 1.74. The van der Waals surface area contributed by atoms with Crippen molar-refractivity contribution in [2.45, 2.75) is 0 Å². The van der Waals surface area contributed by atoms with Gasteiger partial charge in [0.25, 0.3) is 5.91 Å². The van der Waals surface area contributed by atoms with Gasteiger partial charge in [-0.2, -0.15) is 0 Å². The van der Waals surface area contributed by atoms with Gasteiger partial charge in [-0.3, -0.25) is 9.63 Å². The number of nitrogens with zero attached hydrogens (tertiary/aromatic N) is 1. The van der Waals surface area contributed by atoms with Crippen molar-refractivity contribution in [3.63, 3.8) is 0 Å². The molecule has 0 heterocycles. The second-order valence-electron chi connectivity index (χ2n) is 2.65. The third-order valence-corrected chi connectivity index (χ3v) is 1.74. The predicted molar refractivity (Wildman–Crippen MR) is 47.2 cm³/mol. The van der Waals surface area contributed by atoms with Crippen molar-refractivity contribution >= 4 is 5.91 Å². The van der Waals surface area contributed by atoms with Crippen molar-refractivity contribution in [3.05, 3.63) is 29.6 Å². The molecule has 0 saturated heterocycles. The van der Waals surface area contributed by atoms with Crippen molar-refractivity contribution in [2.24, 2.45) is 0 Å². The molecule has 0 atom stereocenters. The molecule has 0 fully saturated rings. The molecule has 0 radical (unpaired) electrons. The van der Waals surface area contributed by atoms with Crippen LogP contribution >= 0.6 is 0 Å². The standard InChI is InChI=1S/C9H10FNO3/c1-11(14-2)9(13)7-5-6(12)3-4-8(7)10/h3-5,12H,1-2H3. The van der Waals surface area contributed by atoms with E-state index >= 15 is 0 Å². The highest BCUT2D eigenvalue weighted by Gasteiger charge is 2.16. The number of carbonyl (C=O) groups excluding carboxylic acids is 1. The van der Waals surface area contributed by atoms with Crippen LogP contribution in [0.5, 0.6) is 5.75 Å². The largest absolute Gasteiger partial charge is 0.508 e. The molecule has 0 saturated carbocycles. The molecule has 0 aliphatic carbocycles. The smallest absolute Gasteiger partial charge is 0.280 e. The lowest BCUT2D eigenvalue weighted by molar-refractivity contribution is -0.0759. The van der Waals surface area contributed by atoms with Crippen molar-refractivity contribution in [1.82, 2.24) is 5.06 Å². The molecular formula is C9H10FNO3. The maximum atomic E-state index is 13.1. The Kier molecular flexibility index (Phi) is 3.03.